The number of benzene rings is 1. The van der Waals surface area contributed by atoms with E-state index < -0.39 is 5.91 Å². The topological polar surface area (TPSA) is 90.5 Å². The van der Waals surface area contributed by atoms with Crippen LogP contribution in [-0.2, 0) is 11.3 Å². The number of nitriles is 1. The first-order chi connectivity index (χ1) is 16.0. The number of anilines is 1. The molecule has 1 fully saturated rings. The van der Waals surface area contributed by atoms with Gasteiger partial charge in [-0.2, -0.15) is 5.26 Å². The Hall–Kier alpha value is -3.92. The molecule has 1 atom stereocenters. The normalized spacial score (nSPS) is 16.5. The molecule has 1 aliphatic heterocycles. The van der Waals surface area contributed by atoms with E-state index in [1.165, 1.54) is 10.5 Å². The molecule has 168 valence electrons. The van der Waals surface area contributed by atoms with Gasteiger partial charge < -0.3 is 10.2 Å². The highest BCUT2D eigenvalue weighted by Gasteiger charge is 2.24. The fourth-order valence-corrected chi connectivity index (χ4v) is 4.22. The van der Waals surface area contributed by atoms with Crippen LogP contribution in [0.25, 0.3) is 11.7 Å². The molecule has 0 bridgehead atoms. The maximum absolute atomic E-state index is 13.5. The molecule has 7 nitrogen and oxygen atoms in total. The van der Waals surface area contributed by atoms with Crippen molar-refractivity contribution in [1.82, 2.24) is 14.7 Å². The molecule has 1 saturated heterocycles. The molecule has 33 heavy (non-hydrogen) atoms. The first-order valence-corrected chi connectivity index (χ1v) is 11.2. The highest BCUT2D eigenvalue weighted by atomic mass is 16.1. The lowest BCUT2D eigenvalue weighted by Gasteiger charge is -2.32. The van der Waals surface area contributed by atoms with Gasteiger partial charge in [0.05, 0.1) is 5.56 Å². The number of nitrogens with zero attached hydrogens (tertiary/aromatic N) is 4. The van der Waals surface area contributed by atoms with Gasteiger partial charge in [0.2, 0.25) is 0 Å². The molecule has 0 spiro atoms. The Morgan fingerprint density at radius 3 is 2.79 bits per heavy atom. The van der Waals surface area contributed by atoms with Gasteiger partial charge in [0.15, 0.2) is 0 Å². The molecule has 1 aromatic carbocycles. The molecule has 0 aliphatic carbocycles. The predicted octanol–water partition coefficient (Wildman–Crippen LogP) is 3.46. The minimum absolute atomic E-state index is 0.122. The number of rotatable bonds is 5. The minimum Gasteiger partial charge on any atom is -0.356 e. The van der Waals surface area contributed by atoms with Crippen molar-refractivity contribution in [3.8, 4) is 6.07 Å². The number of aryl methyl sites for hydroxylation is 1. The van der Waals surface area contributed by atoms with Gasteiger partial charge in [0, 0.05) is 25.8 Å². The lowest BCUT2D eigenvalue weighted by molar-refractivity contribution is -0.117. The average molecular weight is 442 g/mol. The van der Waals surface area contributed by atoms with Crippen molar-refractivity contribution in [1.29, 1.82) is 5.26 Å². The summed E-state index contributed by atoms with van der Waals surface area (Å²) < 4.78 is 1.48. The van der Waals surface area contributed by atoms with Crippen LogP contribution in [0.3, 0.4) is 0 Å². The number of fused-ring (bicyclic) bond motifs is 1. The van der Waals surface area contributed by atoms with Crippen LogP contribution >= 0.6 is 0 Å². The Kier molecular flexibility index (Phi) is 6.55. The van der Waals surface area contributed by atoms with Crippen molar-refractivity contribution in [2.75, 3.05) is 18.0 Å². The second-order valence-electron chi connectivity index (χ2n) is 8.57. The highest BCUT2D eigenvalue weighted by Crippen LogP contribution is 2.25. The summed E-state index contributed by atoms with van der Waals surface area (Å²) >= 11 is 0. The number of pyridine rings is 1. The van der Waals surface area contributed by atoms with E-state index in [0.717, 1.165) is 37.1 Å². The fourth-order valence-electron chi connectivity index (χ4n) is 4.22. The summed E-state index contributed by atoms with van der Waals surface area (Å²) in [6.07, 6.45) is 5.18. The van der Waals surface area contributed by atoms with Gasteiger partial charge in [-0.3, -0.25) is 14.0 Å². The van der Waals surface area contributed by atoms with Crippen LogP contribution in [0.1, 0.15) is 36.5 Å². The van der Waals surface area contributed by atoms with E-state index in [1.54, 1.807) is 12.3 Å². The van der Waals surface area contributed by atoms with E-state index in [0.29, 0.717) is 23.9 Å². The molecular weight excluding hydrogens is 414 g/mol. The van der Waals surface area contributed by atoms with Crippen LogP contribution in [0.4, 0.5) is 5.82 Å². The van der Waals surface area contributed by atoms with Gasteiger partial charge in [-0.05, 0) is 49.0 Å². The monoisotopic (exact) mass is 441 g/mol. The number of piperidine rings is 1. The van der Waals surface area contributed by atoms with Gasteiger partial charge in [-0.25, -0.2) is 4.98 Å². The minimum atomic E-state index is -0.520. The van der Waals surface area contributed by atoms with Crippen LogP contribution in [0.15, 0.2) is 59.0 Å². The Morgan fingerprint density at radius 1 is 1.27 bits per heavy atom. The van der Waals surface area contributed by atoms with Crippen LogP contribution in [0, 0.1) is 24.2 Å². The smallest absolute Gasteiger partial charge is 0.267 e. The first-order valence-electron chi connectivity index (χ1n) is 11.2. The highest BCUT2D eigenvalue weighted by molar-refractivity contribution is 6.02. The van der Waals surface area contributed by atoms with E-state index in [1.807, 2.05) is 49.4 Å². The fraction of sp³-hybridized carbons (Fsp3) is 0.308. The average Bonchev–Trinajstić information content (AvgIpc) is 2.83. The Bertz CT molecular complexity index is 1300. The number of aromatic nitrogens is 2. The number of carbonyl (C=O) groups excluding carboxylic acids is 1. The summed E-state index contributed by atoms with van der Waals surface area (Å²) in [7, 11) is 0. The number of nitrogens with one attached hydrogen (secondary N) is 1. The van der Waals surface area contributed by atoms with Crippen molar-refractivity contribution in [3.05, 3.63) is 81.3 Å². The summed E-state index contributed by atoms with van der Waals surface area (Å²) in [6.45, 7) is 5.94. The van der Waals surface area contributed by atoms with Gasteiger partial charge in [0.1, 0.15) is 23.1 Å². The zero-order valence-electron chi connectivity index (χ0n) is 18.9. The maximum Gasteiger partial charge on any atom is 0.267 e. The van der Waals surface area contributed by atoms with E-state index in [4.69, 9.17) is 4.98 Å². The standard InChI is InChI=1S/C26H27N5O2/c1-18-8-6-12-30(17-18)24-22(26(33)31-13-7-9-19(2)23(31)29-24)14-21(15-27)25(32)28-16-20-10-4-3-5-11-20/h3-5,7,9-11,13-14,18H,6,8,12,16-17H2,1-2H3,(H,28,32). The lowest BCUT2D eigenvalue weighted by Crippen LogP contribution is -2.37. The van der Waals surface area contributed by atoms with Crippen molar-refractivity contribution in [3.63, 3.8) is 0 Å². The quantitative estimate of drug-likeness (QED) is 0.484. The SMILES string of the molecule is Cc1cccn2c(=O)c(C=C(C#N)C(=O)NCc3ccccc3)c(N3CCCC(C)C3)nc12. The number of hydrogen-bond donors (Lipinski definition) is 1. The molecule has 1 aliphatic rings. The molecule has 0 saturated carbocycles. The molecule has 1 unspecified atom stereocenters. The van der Waals surface area contributed by atoms with Crippen LogP contribution in [-0.4, -0.2) is 28.4 Å². The molecule has 0 radical (unpaired) electrons. The summed E-state index contributed by atoms with van der Waals surface area (Å²) in [4.78, 5) is 33.2. The Labute approximate surface area is 193 Å². The summed E-state index contributed by atoms with van der Waals surface area (Å²) in [6, 6.07) is 15.1. The number of hydrogen-bond acceptors (Lipinski definition) is 5. The third kappa shape index (κ3) is 4.80. The molecule has 4 rings (SSSR count). The molecule has 2 aromatic heterocycles. The largest absolute Gasteiger partial charge is 0.356 e. The summed E-state index contributed by atoms with van der Waals surface area (Å²) in [5.41, 5.74) is 2.24. The maximum atomic E-state index is 13.5. The zero-order valence-corrected chi connectivity index (χ0v) is 18.9. The van der Waals surface area contributed by atoms with Crippen LogP contribution < -0.4 is 15.8 Å². The third-order valence-electron chi connectivity index (χ3n) is 5.97. The lowest BCUT2D eigenvalue weighted by atomic mass is 10.00. The van der Waals surface area contributed by atoms with E-state index in [2.05, 4.69) is 17.1 Å². The second kappa shape index (κ2) is 9.70. The van der Waals surface area contributed by atoms with Crippen molar-refractivity contribution < 1.29 is 4.79 Å². The molecule has 3 aromatic rings. The van der Waals surface area contributed by atoms with Crippen LogP contribution in [0.5, 0.6) is 0 Å². The second-order valence-corrected chi connectivity index (χ2v) is 8.57. The molecule has 1 amide bonds. The van der Waals surface area contributed by atoms with Crippen LogP contribution in [0.2, 0.25) is 0 Å². The van der Waals surface area contributed by atoms with E-state index >= 15 is 0 Å². The van der Waals surface area contributed by atoms with Gasteiger partial charge in [-0.15, -0.1) is 0 Å². The van der Waals surface area contributed by atoms with E-state index in [-0.39, 0.29) is 16.7 Å². The van der Waals surface area contributed by atoms with E-state index in [9.17, 15) is 14.9 Å². The Balaban J connectivity index is 1.77. The number of carbonyl (C=O) groups is 1. The van der Waals surface area contributed by atoms with Crippen molar-refractivity contribution >= 4 is 23.4 Å². The van der Waals surface area contributed by atoms with Gasteiger partial charge in [-0.1, -0.05) is 43.3 Å². The number of amides is 1. The predicted molar refractivity (Wildman–Crippen MR) is 129 cm³/mol. The van der Waals surface area contributed by atoms with Gasteiger partial charge in [0.25, 0.3) is 11.5 Å². The molecule has 1 N–H and O–H groups in total. The van der Waals surface area contributed by atoms with Gasteiger partial charge >= 0.3 is 0 Å². The Morgan fingerprint density at radius 2 is 2.06 bits per heavy atom. The van der Waals surface area contributed by atoms with Crippen molar-refractivity contribution in [2.45, 2.75) is 33.2 Å². The molecule has 7 heteroatoms. The first kappa shape index (κ1) is 22.3. The zero-order chi connectivity index (χ0) is 23.4. The third-order valence-corrected chi connectivity index (χ3v) is 5.97. The molecule has 3 heterocycles. The summed E-state index contributed by atoms with van der Waals surface area (Å²) in [5.74, 6) is 0.481. The molecular formula is C26H27N5O2. The summed E-state index contributed by atoms with van der Waals surface area (Å²) in [5, 5.41) is 12.5. The van der Waals surface area contributed by atoms with Crippen molar-refractivity contribution in [2.24, 2.45) is 5.92 Å².